The highest BCUT2D eigenvalue weighted by Gasteiger charge is 2.27. The summed E-state index contributed by atoms with van der Waals surface area (Å²) in [5, 5.41) is 14.6. The number of esters is 1. The fraction of sp³-hybridized carbons (Fsp3) is 0.435. The number of ether oxygens (including phenoxy) is 1. The molecule has 1 aromatic carbocycles. The summed E-state index contributed by atoms with van der Waals surface area (Å²) in [6, 6.07) is 4.20. The Labute approximate surface area is 200 Å². The zero-order valence-electron chi connectivity index (χ0n) is 18.8. The highest BCUT2D eigenvalue weighted by atomic mass is 32.1. The Balaban J connectivity index is 1.41. The van der Waals surface area contributed by atoms with Crippen LogP contribution in [0.1, 0.15) is 57.3 Å². The van der Waals surface area contributed by atoms with Crippen molar-refractivity contribution in [1.29, 1.82) is 0 Å². The maximum atomic E-state index is 12.5. The Morgan fingerprint density at radius 3 is 2.68 bits per heavy atom. The van der Waals surface area contributed by atoms with Gasteiger partial charge >= 0.3 is 5.97 Å². The molecule has 1 saturated heterocycles. The molecule has 0 unspecified atom stereocenters. The molecule has 11 heteroatoms. The van der Waals surface area contributed by atoms with Crippen LogP contribution in [0.25, 0.3) is 0 Å². The van der Waals surface area contributed by atoms with Crippen molar-refractivity contribution in [2.45, 2.75) is 39.0 Å². The Morgan fingerprint density at radius 1 is 1.26 bits per heavy atom. The number of aryl methyl sites for hydroxylation is 1. The number of primary amides is 1. The van der Waals surface area contributed by atoms with Gasteiger partial charge in [-0.05, 0) is 55.7 Å². The molecule has 0 atom stereocenters. The lowest BCUT2D eigenvalue weighted by molar-refractivity contribution is -0.384. The summed E-state index contributed by atoms with van der Waals surface area (Å²) in [6.45, 7) is 2.98. The van der Waals surface area contributed by atoms with Crippen LogP contribution in [0.5, 0.6) is 0 Å². The van der Waals surface area contributed by atoms with Gasteiger partial charge in [-0.2, -0.15) is 0 Å². The number of fused-ring (bicyclic) bond motifs is 1. The SMILES string of the molecule is CC1CCN(c2ccc(C(=O)OCC(=O)Nc3sc4c(c3C(N)=O)CCC4)cc2[N+](=O)[O-])CC1. The van der Waals surface area contributed by atoms with Crippen molar-refractivity contribution in [1.82, 2.24) is 0 Å². The first-order valence-corrected chi connectivity index (χ1v) is 12.0. The topological polar surface area (TPSA) is 145 Å². The van der Waals surface area contributed by atoms with Crippen LogP contribution in [0.3, 0.4) is 0 Å². The zero-order valence-corrected chi connectivity index (χ0v) is 19.6. The number of nitrogens with zero attached hydrogens (tertiary/aromatic N) is 2. The van der Waals surface area contributed by atoms with Crippen LogP contribution >= 0.6 is 11.3 Å². The monoisotopic (exact) mass is 486 g/mol. The molecule has 180 valence electrons. The van der Waals surface area contributed by atoms with E-state index in [1.165, 1.54) is 23.5 Å². The number of carbonyl (C=O) groups excluding carboxylic acids is 3. The van der Waals surface area contributed by atoms with Gasteiger partial charge in [0, 0.05) is 24.0 Å². The van der Waals surface area contributed by atoms with E-state index < -0.39 is 29.3 Å². The minimum absolute atomic E-state index is 0.0125. The maximum Gasteiger partial charge on any atom is 0.338 e. The second-order valence-electron chi connectivity index (χ2n) is 8.68. The molecule has 3 N–H and O–H groups in total. The van der Waals surface area contributed by atoms with Crippen LogP contribution < -0.4 is 16.0 Å². The van der Waals surface area contributed by atoms with Crippen molar-refractivity contribution in [3.63, 3.8) is 0 Å². The summed E-state index contributed by atoms with van der Waals surface area (Å²) in [5.74, 6) is -1.50. The first-order valence-electron chi connectivity index (χ1n) is 11.2. The second-order valence-corrected chi connectivity index (χ2v) is 9.79. The second kappa shape index (κ2) is 9.80. The van der Waals surface area contributed by atoms with Gasteiger partial charge in [-0.25, -0.2) is 4.79 Å². The van der Waals surface area contributed by atoms with Crippen molar-refractivity contribution >= 4 is 45.5 Å². The normalized spacial score (nSPS) is 15.6. The van der Waals surface area contributed by atoms with E-state index in [-0.39, 0.29) is 11.3 Å². The maximum absolute atomic E-state index is 12.5. The summed E-state index contributed by atoms with van der Waals surface area (Å²) in [7, 11) is 0. The summed E-state index contributed by atoms with van der Waals surface area (Å²) >= 11 is 1.30. The molecule has 10 nitrogen and oxygen atoms in total. The number of nitro groups is 1. The molecule has 2 heterocycles. The van der Waals surface area contributed by atoms with E-state index >= 15 is 0 Å². The molecule has 1 fully saturated rings. The van der Waals surface area contributed by atoms with Gasteiger partial charge in [-0.3, -0.25) is 19.7 Å². The van der Waals surface area contributed by atoms with E-state index in [1.54, 1.807) is 6.07 Å². The predicted octanol–water partition coefficient (Wildman–Crippen LogP) is 3.28. The van der Waals surface area contributed by atoms with E-state index in [4.69, 9.17) is 10.5 Å². The van der Waals surface area contributed by atoms with Crippen molar-refractivity contribution in [3.8, 4) is 0 Å². The van der Waals surface area contributed by atoms with E-state index in [9.17, 15) is 24.5 Å². The molecule has 4 rings (SSSR count). The predicted molar refractivity (Wildman–Crippen MR) is 127 cm³/mol. The standard InChI is InChI=1S/C23H26N4O6S/c1-13-7-9-26(10-8-13)16-6-5-14(11-17(16)27(31)32)23(30)33-12-19(28)25-22-20(21(24)29)15-3-2-4-18(15)34-22/h5-6,11,13H,2-4,7-10,12H2,1H3,(H2,24,29)(H,25,28). The third kappa shape index (κ3) is 4.89. The number of hydrogen-bond acceptors (Lipinski definition) is 8. The van der Waals surface area contributed by atoms with Crippen LogP contribution in [0.2, 0.25) is 0 Å². The van der Waals surface area contributed by atoms with Gasteiger partial charge in [-0.15, -0.1) is 11.3 Å². The van der Waals surface area contributed by atoms with E-state index in [2.05, 4.69) is 12.2 Å². The molecule has 1 aliphatic carbocycles. The van der Waals surface area contributed by atoms with Crippen LogP contribution in [-0.4, -0.2) is 42.4 Å². The first kappa shape index (κ1) is 23.7. The average Bonchev–Trinajstić information content (AvgIpc) is 3.38. The molecule has 2 amide bonds. The number of nitrogens with two attached hydrogens (primary N) is 1. The van der Waals surface area contributed by atoms with E-state index in [1.807, 2.05) is 4.90 Å². The summed E-state index contributed by atoms with van der Waals surface area (Å²) in [4.78, 5) is 50.8. The van der Waals surface area contributed by atoms with Gasteiger partial charge in [0.25, 0.3) is 17.5 Å². The number of amides is 2. The molecule has 1 aliphatic heterocycles. The third-order valence-electron chi connectivity index (χ3n) is 6.29. The fourth-order valence-corrected chi connectivity index (χ4v) is 5.75. The van der Waals surface area contributed by atoms with Gasteiger partial charge in [0.15, 0.2) is 6.61 Å². The van der Waals surface area contributed by atoms with Crippen LogP contribution in [0, 0.1) is 16.0 Å². The number of rotatable bonds is 7. The minimum Gasteiger partial charge on any atom is -0.452 e. The molecule has 0 spiro atoms. The smallest absolute Gasteiger partial charge is 0.338 e. The molecular weight excluding hydrogens is 460 g/mol. The molecule has 2 aliphatic rings. The van der Waals surface area contributed by atoms with Crippen LogP contribution in [0.4, 0.5) is 16.4 Å². The fourth-order valence-electron chi connectivity index (χ4n) is 4.44. The quantitative estimate of drug-likeness (QED) is 0.347. The lowest BCUT2D eigenvalue weighted by Crippen LogP contribution is -2.33. The number of carbonyl (C=O) groups is 3. The molecule has 2 aromatic rings. The lowest BCUT2D eigenvalue weighted by atomic mass is 9.98. The van der Waals surface area contributed by atoms with Gasteiger partial charge < -0.3 is 20.7 Å². The average molecular weight is 487 g/mol. The molecule has 0 bridgehead atoms. The van der Waals surface area contributed by atoms with Gasteiger partial charge in [0.2, 0.25) is 0 Å². The van der Waals surface area contributed by atoms with E-state index in [0.29, 0.717) is 35.3 Å². The Hall–Kier alpha value is -3.47. The number of anilines is 2. The van der Waals surface area contributed by atoms with Gasteiger partial charge in [0.1, 0.15) is 10.7 Å². The van der Waals surface area contributed by atoms with Gasteiger partial charge in [-0.1, -0.05) is 6.92 Å². The third-order valence-corrected chi connectivity index (χ3v) is 7.49. The molecule has 0 saturated carbocycles. The molecule has 0 radical (unpaired) electrons. The molecular formula is C23H26N4O6S. The Kier molecular flexibility index (Phi) is 6.82. The summed E-state index contributed by atoms with van der Waals surface area (Å²) in [6.07, 6.45) is 4.40. The van der Waals surface area contributed by atoms with Crippen LogP contribution in [0.15, 0.2) is 18.2 Å². The zero-order chi connectivity index (χ0) is 24.4. The Morgan fingerprint density at radius 2 is 2.00 bits per heavy atom. The number of benzene rings is 1. The first-order chi connectivity index (χ1) is 16.2. The van der Waals surface area contributed by atoms with Crippen LogP contribution in [-0.2, 0) is 22.4 Å². The molecule has 1 aromatic heterocycles. The molecule has 34 heavy (non-hydrogen) atoms. The van der Waals surface area contributed by atoms with Crippen molar-refractivity contribution in [2.24, 2.45) is 11.7 Å². The van der Waals surface area contributed by atoms with E-state index in [0.717, 1.165) is 42.5 Å². The number of nitro benzene ring substituents is 1. The number of piperidine rings is 1. The number of hydrogen-bond donors (Lipinski definition) is 2. The van der Waals surface area contributed by atoms with Crippen molar-refractivity contribution in [2.75, 3.05) is 29.9 Å². The summed E-state index contributed by atoms with van der Waals surface area (Å²) in [5.41, 5.74) is 6.96. The highest BCUT2D eigenvalue weighted by molar-refractivity contribution is 7.17. The largest absolute Gasteiger partial charge is 0.452 e. The van der Waals surface area contributed by atoms with Crippen molar-refractivity contribution < 1.29 is 24.0 Å². The Bertz CT molecular complexity index is 1150. The van der Waals surface area contributed by atoms with Crippen molar-refractivity contribution in [3.05, 3.63) is 49.9 Å². The highest BCUT2D eigenvalue weighted by Crippen LogP contribution is 2.39. The number of thiophene rings is 1. The lowest BCUT2D eigenvalue weighted by Gasteiger charge is -2.31. The van der Waals surface area contributed by atoms with Gasteiger partial charge in [0.05, 0.1) is 16.1 Å². The summed E-state index contributed by atoms with van der Waals surface area (Å²) < 4.78 is 5.08. The minimum atomic E-state index is -0.846. The number of nitrogens with one attached hydrogen (secondary N) is 1.